The maximum absolute atomic E-state index is 11.9. The molecule has 0 fully saturated rings. The van der Waals surface area contributed by atoms with E-state index in [1.54, 1.807) is 31.2 Å². The van der Waals surface area contributed by atoms with Gasteiger partial charge in [-0.1, -0.05) is 6.92 Å². The van der Waals surface area contributed by atoms with Gasteiger partial charge in [0.1, 0.15) is 5.75 Å². The third-order valence-corrected chi connectivity index (χ3v) is 2.62. The molecule has 0 aliphatic rings. The number of aliphatic hydroxyl groups excluding tert-OH is 1. The SMILES string of the molecule is CCCOc1ccc(C(=O)NC(=S)NCC(C)O)cc1. The number of benzene rings is 1. The Kier molecular flexibility index (Phi) is 6.97. The number of nitrogens with one attached hydrogen (secondary N) is 2. The number of thiocarbonyl (C=S) groups is 1. The first-order valence-corrected chi connectivity index (χ1v) is 6.94. The zero-order valence-electron chi connectivity index (χ0n) is 11.7. The first-order valence-electron chi connectivity index (χ1n) is 6.53. The van der Waals surface area contributed by atoms with Crippen LogP contribution in [0.4, 0.5) is 0 Å². The summed E-state index contributed by atoms with van der Waals surface area (Å²) in [6.07, 6.45) is 0.408. The summed E-state index contributed by atoms with van der Waals surface area (Å²) < 4.78 is 5.44. The maximum atomic E-state index is 11.9. The van der Waals surface area contributed by atoms with Crippen LogP contribution in [0.25, 0.3) is 0 Å². The number of ether oxygens (including phenoxy) is 1. The fourth-order valence-electron chi connectivity index (χ4n) is 1.38. The molecule has 0 spiro atoms. The van der Waals surface area contributed by atoms with E-state index >= 15 is 0 Å². The number of amides is 1. The van der Waals surface area contributed by atoms with Gasteiger partial charge in [0, 0.05) is 12.1 Å². The van der Waals surface area contributed by atoms with E-state index in [0.29, 0.717) is 18.7 Å². The number of rotatable bonds is 6. The molecule has 110 valence electrons. The molecule has 1 amide bonds. The Morgan fingerprint density at radius 1 is 1.40 bits per heavy atom. The lowest BCUT2D eigenvalue weighted by Crippen LogP contribution is -2.41. The lowest BCUT2D eigenvalue weighted by molar-refractivity contribution is 0.0976. The number of aliphatic hydroxyl groups is 1. The van der Waals surface area contributed by atoms with Crippen molar-refractivity contribution in [3.8, 4) is 5.75 Å². The molecule has 0 saturated carbocycles. The van der Waals surface area contributed by atoms with Gasteiger partial charge in [-0.15, -0.1) is 0 Å². The van der Waals surface area contributed by atoms with E-state index < -0.39 is 6.10 Å². The lowest BCUT2D eigenvalue weighted by Gasteiger charge is -2.11. The highest BCUT2D eigenvalue weighted by atomic mass is 32.1. The predicted molar refractivity (Wildman–Crippen MR) is 82.0 cm³/mol. The number of hydrogen-bond donors (Lipinski definition) is 3. The summed E-state index contributed by atoms with van der Waals surface area (Å²) in [5.74, 6) is 0.438. The molecule has 0 bridgehead atoms. The van der Waals surface area contributed by atoms with Crippen LogP contribution in [-0.2, 0) is 0 Å². The van der Waals surface area contributed by atoms with Crippen LogP contribution in [0.15, 0.2) is 24.3 Å². The molecule has 1 rings (SSSR count). The van der Waals surface area contributed by atoms with Gasteiger partial charge in [0.25, 0.3) is 5.91 Å². The highest BCUT2D eigenvalue weighted by molar-refractivity contribution is 7.80. The van der Waals surface area contributed by atoms with Crippen molar-refractivity contribution in [2.45, 2.75) is 26.4 Å². The quantitative estimate of drug-likeness (QED) is 0.693. The molecule has 0 aromatic heterocycles. The monoisotopic (exact) mass is 296 g/mol. The lowest BCUT2D eigenvalue weighted by atomic mass is 10.2. The van der Waals surface area contributed by atoms with Gasteiger partial charge >= 0.3 is 0 Å². The molecule has 20 heavy (non-hydrogen) atoms. The van der Waals surface area contributed by atoms with Gasteiger partial charge in [0.15, 0.2) is 5.11 Å². The zero-order chi connectivity index (χ0) is 15.0. The van der Waals surface area contributed by atoms with E-state index in [1.165, 1.54) is 0 Å². The van der Waals surface area contributed by atoms with Crippen LogP contribution in [0.3, 0.4) is 0 Å². The van der Waals surface area contributed by atoms with Gasteiger partial charge in [-0.25, -0.2) is 0 Å². The summed E-state index contributed by atoms with van der Waals surface area (Å²) in [5, 5.41) is 14.6. The van der Waals surface area contributed by atoms with E-state index in [2.05, 4.69) is 10.6 Å². The van der Waals surface area contributed by atoms with Crippen LogP contribution in [0.1, 0.15) is 30.6 Å². The number of hydrogen-bond acceptors (Lipinski definition) is 4. The van der Waals surface area contributed by atoms with Gasteiger partial charge in [0.05, 0.1) is 12.7 Å². The van der Waals surface area contributed by atoms with Crippen molar-refractivity contribution < 1.29 is 14.6 Å². The minimum absolute atomic E-state index is 0.196. The van der Waals surface area contributed by atoms with E-state index in [4.69, 9.17) is 22.1 Å². The molecule has 0 heterocycles. The largest absolute Gasteiger partial charge is 0.494 e. The van der Waals surface area contributed by atoms with Crippen molar-refractivity contribution >= 4 is 23.2 Å². The summed E-state index contributed by atoms with van der Waals surface area (Å²) in [6, 6.07) is 6.85. The molecule has 0 saturated heterocycles. The fourth-order valence-corrected chi connectivity index (χ4v) is 1.56. The Labute approximate surface area is 124 Å². The summed E-state index contributed by atoms with van der Waals surface area (Å²) >= 11 is 4.95. The van der Waals surface area contributed by atoms with Crippen LogP contribution in [0, 0.1) is 0 Å². The molecule has 1 aromatic rings. The van der Waals surface area contributed by atoms with Gasteiger partial charge in [-0.05, 0) is 49.8 Å². The average molecular weight is 296 g/mol. The molecule has 5 nitrogen and oxygen atoms in total. The Morgan fingerprint density at radius 3 is 2.60 bits per heavy atom. The molecule has 1 atom stereocenters. The fraction of sp³-hybridized carbons (Fsp3) is 0.429. The highest BCUT2D eigenvalue weighted by Gasteiger charge is 2.08. The first-order chi connectivity index (χ1) is 9.52. The Hall–Kier alpha value is -1.66. The standard InChI is InChI=1S/C14H20N2O3S/c1-3-8-19-12-6-4-11(5-7-12)13(18)16-14(20)15-9-10(2)17/h4-7,10,17H,3,8-9H2,1-2H3,(H2,15,16,18,20). The van der Waals surface area contributed by atoms with Crippen molar-refractivity contribution in [2.75, 3.05) is 13.2 Å². The van der Waals surface area contributed by atoms with Crippen LogP contribution in [0.5, 0.6) is 5.75 Å². The zero-order valence-corrected chi connectivity index (χ0v) is 12.5. The van der Waals surface area contributed by atoms with E-state index in [9.17, 15) is 4.79 Å². The topological polar surface area (TPSA) is 70.6 Å². The first kappa shape index (κ1) is 16.4. The smallest absolute Gasteiger partial charge is 0.257 e. The Morgan fingerprint density at radius 2 is 2.05 bits per heavy atom. The molecular formula is C14H20N2O3S. The Balaban J connectivity index is 2.48. The van der Waals surface area contributed by atoms with E-state index in [-0.39, 0.29) is 11.0 Å². The third kappa shape index (κ3) is 5.99. The molecular weight excluding hydrogens is 276 g/mol. The van der Waals surface area contributed by atoms with Gasteiger partial charge in [-0.3, -0.25) is 10.1 Å². The third-order valence-electron chi connectivity index (χ3n) is 2.37. The minimum atomic E-state index is -0.528. The van der Waals surface area contributed by atoms with E-state index in [1.807, 2.05) is 6.92 Å². The van der Waals surface area contributed by atoms with Gasteiger partial charge in [0.2, 0.25) is 0 Å². The summed E-state index contributed by atoms with van der Waals surface area (Å²) in [6.45, 7) is 4.61. The van der Waals surface area contributed by atoms with Gasteiger partial charge in [-0.2, -0.15) is 0 Å². The van der Waals surface area contributed by atoms with Crippen molar-refractivity contribution in [1.29, 1.82) is 0 Å². The molecule has 1 aromatic carbocycles. The second-order valence-corrected chi connectivity index (χ2v) is 4.79. The molecule has 0 aliphatic carbocycles. The predicted octanol–water partition coefficient (Wildman–Crippen LogP) is 1.46. The Bertz CT molecular complexity index is 446. The molecule has 3 N–H and O–H groups in total. The van der Waals surface area contributed by atoms with E-state index in [0.717, 1.165) is 12.2 Å². The normalized spacial score (nSPS) is 11.6. The summed E-state index contributed by atoms with van der Waals surface area (Å²) in [7, 11) is 0. The second-order valence-electron chi connectivity index (χ2n) is 4.39. The second kappa shape index (κ2) is 8.50. The van der Waals surface area contributed by atoms with Crippen LogP contribution >= 0.6 is 12.2 Å². The summed E-state index contributed by atoms with van der Waals surface area (Å²) in [4.78, 5) is 11.9. The highest BCUT2D eigenvalue weighted by Crippen LogP contribution is 2.12. The molecule has 0 radical (unpaired) electrons. The summed E-state index contributed by atoms with van der Waals surface area (Å²) in [5.41, 5.74) is 0.495. The van der Waals surface area contributed by atoms with Gasteiger partial charge < -0.3 is 15.2 Å². The number of carbonyl (C=O) groups excluding carboxylic acids is 1. The van der Waals surface area contributed by atoms with Crippen molar-refractivity contribution in [3.05, 3.63) is 29.8 Å². The maximum Gasteiger partial charge on any atom is 0.257 e. The average Bonchev–Trinajstić information content (AvgIpc) is 2.43. The van der Waals surface area contributed by atoms with Crippen LogP contribution < -0.4 is 15.4 Å². The molecule has 1 unspecified atom stereocenters. The van der Waals surface area contributed by atoms with Crippen molar-refractivity contribution in [2.24, 2.45) is 0 Å². The minimum Gasteiger partial charge on any atom is -0.494 e. The van der Waals surface area contributed by atoms with Crippen LogP contribution in [-0.4, -0.2) is 35.4 Å². The van der Waals surface area contributed by atoms with Crippen molar-refractivity contribution in [3.63, 3.8) is 0 Å². The van der Waals surface area contributed by atoms with Crippen LogP contribution in [0.2, 0.25) is 0 Å². The molecule has 6 heteroatoms. The van der Waals surface area contributed by atoms with Crippen molar-refractivity contribution in [1.82, 2.24) is 10.6 Å². The molecule has 0 aliphatic heterocycles. The number of carbonyl (C=O) groups is 1.